The Hall–Kier alpha value is -1.64. The molecule has 0 spiro atoms. The lowest BCUT2D eigenvalue weighted by Crippen LogP contribution is -2.33. The summed E-state index contributed by atoms with van der Waals surface area (Å²) in [7, 11) is 0. The molecule has 0 bridgehead atoms. The molecule has 3 nitrogen and oxygen atoms in total. The molecule has 0 aliphatic carbocycles. The van der Waals surface area contributed by atoms with E-state index < -0.39 is 0 Å². The van der Waals surface area contributed by atoms with Gasteiger partial charge < -0.3 is 0 Å². The van der Waals surface area contributed by atoms with Gasteiger partial charge in [0.15, 0.2) is 0 Å². The molecule has 1 aromatic carbocycles. The molecule has 0 atom stereocenters. The maximum absolute atomic E-state index is 11.2. The molecule has 0 N–H and O–H groups in total. The number of rotatable bonds is 1. The fourth-order valence-corrected chi connectivity index (χ4v) is 1.38. The number of carbonyl (C=O) groups is 2. The van der Waals surface area contributed by atoms with E-state index in [0.29, 0.717) is 5.69 Å². The third-order valence-electron chi connectivity index (χ3n) is 1.99. The lowest BCUT2D eigenvalue weighted by atomic mass is 10.2. The summed E-state index contributed by atoms with van der Waals surface area (Å²) in [4.78, 5) is 23.7. The summed E-state index contributed by atoms with van der Waals surface area (Å²) < 4.78 is 0. The van der Waals surface area contributed by atoms with Gasteiger partial charge in [0.25, 0.3) is 0 Å². The summed E-state index contributed by atoms with van der Waals surface area (Å²) in [6.45, 7) is 4.63. The van der Waals surface area contributed by atoms with Gasteiger partial charge >= 0.3 is 0 Å². The van der Waals surface area contributed by atoms with Crippen molar-refractivity contribution in [1.82, 2.24) is 0 Å². The number of amides is 2. The second-order valence-corrected chi connectivity index (χ2v) is 3.16. The highest BCUT2D eigenvalue weighted by Crippen LogP contribution is 2.19. The Morgan fingerprint density at radius 1 is 1.07 bits per heavy atom. The molecular weight excluding hydrogens is 178 g/mol. The van der Waals surface area contributed by atoms with Crippen molar-refractivity contribution in [2.45, 2.75) is 20.8 Å². The SMILES string of the molecule is CC(=O)N(C(C)=O)c1ccccc1C. The number of hydrogen-bond donors (Lipinski definition) is 0. The van der Waals surface area contributed by atoms with Crippen LogP contribution in [0.4, 0.5) is 5.69 Å². The molecular formula is C11H13NO2. The van der Waals surface area contributed by atoms with Crippen LogP contribution in [0.5, 0.6) is 0 Å². The minimum absolute atomic E-state index is 0.258. The van der Waals surface area contributed by atoms with Gasteiger partial charge in [0.1, 0.15) is 0 Å². The van der Waals surface area contributed by atoms with Crippen molar-refractivity contribution in [2.75, 3.05) is 4.90 Å². The van der Waals surface area contributed by atoms with Crippen LogP contribution < -0.4 is 4.90 Å². The second-order valence-electron chi connectivity index (χ2n) is 3.16. The Labute approximate surface area is 83.3 Å². The summed E-state index contributed by atoms with van der Waals surface area (Å²) in [5.74, 6) is -0.515. The average Bonchev–Trinajstić information content (AvgIpc) is 2.07. The number of hydrogen-bond acceptors (Lipinski definition) is 2. The molecule has 1 aromatic rings. The first-order valence-corrected chi connectivity index (χ1v) is 4.41. The van der Waals surface area contributed by atoms with E-state index >= 15 is 0 Å². The monoisotopic (exact) mass is 191 g/mol. The normalized spacial score (nSPS) is 9.64. The van der Waals surface area contributed by atoms with Crippen molar-refractivity contribution >= 4 is 17.5 Å². The Morgan fingerprint density at radius 2 is 1.57 bits per heavy atom. The van der Waals surface area contributed by atoms with Crippen molar-refractivity contribution in [3.8, 4) is 0 Å². The Balaban J connectivity index is 3.18. The number of imide groups is 1. The molecule has 0 saturated carbocycles. The third kappa shape index (κ3) is 1.99. The van der Waals surface area contributed by atoms with Gasteiger partial charge in [-0.15, -0.1) is 0 Å². The van der Waals surface area contributed by atoms with Crippen LogP contribution in [-0.4, -0.2) is 11.8 Å². The molecule has 0 aliphatic heterocycles. The van der Waals surface area contributed by atoms with E-state index in [1.54, 1.807) is 12.1 Å². The fourth-order valence-electron chi connectivity index (χ4n) is 1.38. The van der Waals surface area contributed by atoms with Gasteiger partial charge in [-0.2, -0.15) is 0 Å². The Morgan fingerprint density at radius 3 is 2.00 bits per heavy atom. The van der Waals surface area contributed by atoms with E-state index in [9.17, 15) is 9.59 Å². The third-order valence-corrected chi connectivity index (χ3v) is 1.99. The van der Waals surface area contributed by atoms with Crippen molar-refractivity contribution in [3.05, 3.63) is 29.8 Å². The van der Waals surface area contributed by atoms with Crippen LogP contribution in [0.1, 0.15) is 19.4 Å². The van der Waals surface area contributed by atoms with E-state index in [1.165, 1.54) is 18.7 Å². The molecule has 1 rings (SSSR count). The van der Waals surface area contributed by atoms with Gasteiger partial charge in [0.2, 0.25) is 11.8 Å². The van der Waals surface area contributed by atoms with E-state index in [4.69, 9.17) is 0 Å². The first-order valence-electron chi connectivity index (χ1n) is 4.41. The highest BCUT2D eigenvalue weighted by Gasteiger charge is 2.17. The van der Waals surface area contributed by atoms with Crippen LogP contribution in [0.2, 0.25) is 0 Å². The topological polar surface area (TPSA) is 37.4 Å². The molecule has 14 heavy (non-hydrogen) atoms. The maximum atomic E-state index is 11.2. The number of benzene rings is 1. The fraction of sp³-hybridized carbons (Fsp3) is 0.273. The predicted molar refractivity (Wildman–Crippen MR) is 55.0 cm³/mol. The van der Waals surface area contributed by atoms with Crippen LogP contribution in [0.15, 0.2) is 24.3 Å². The standard InChI is InChI=1S/C11H13NO2/c1-8-6-4-5-7-11(8)12(9(2)13)10(3)14/h4-7H,1-3H3. The maximum Gasteiger partial charge on any atom is 0.230 e. The lowest BCUT2D eigenvalue weighted by molar-refractivity contribution is -0.124. The van der Waals surface area contributed by atoms with Crippen molar-refractivity contribution in [2.24, 2.45) is 0 Å². The van der Waals surface area contributed by atoms with E-state index in [0.717, 1.165) is 5.56 Å². The number of para-hydroxylation sites is 1. The first-order chi connectivity index (χ1) is 6.54. The molecule has 0 fully saturated rings. The zero-order valence-electron chi connectivity index (χ0n) is 8.57. The van der Waals surface area contributed by atoms with Crippen LogP contribution >= 0.6 is 0 Å². The van der Waals surface area contributed by atoms with E-state index in [2.05, 4.69) is 0 Å². The zero-order chi connectivity index (χ0) is 10.7. The van der Waals surface area contributed by atoms with Gasteiger partial charge in [-0.25, -0.2) is 0 Å². The predicted octanol–water partition coefficient (Wildman–Crippen LogP) is 1.89. The van der Waals surface area contributed by atoms with Gasteiger partial charge in [-0.05, 0) is 18.6 Å². The lowest BCUT2D eigenvalue weighted by Gasteiger charge is -2.18. The average molecular weight is 191 g/mol. The van der Waals surface area contributed by atoms with Gasteiger partial charge in [-0.3, -0.25) is 14.5 Å². The summed E-state index contributed by atoms with van der Waals surface area (Å²) in [5, 5.41) is 0. The summed E-state index contributed by atoms with van der Waals surface area (Å²) in [6, 6.07) is 7.31. The smallest absolute Gasteiger partial charge is 0.230 e. The quantitative estimate of drug-likeness (QED) is 0.679. The first kappa shape index (κ1) is 10.4. The van der Waals surface area contributed by atoms with Crippen LogP contribution in [0.3, 0.4) is 0 Å². The summed E-state index contributed by atoms with van der Waals surface area (Å²) >= 11 is 0. The van der Waals surface area contributed by atoms with Crippen molar-refractivity contribution < 1.29 is 9.59 Å². The number of aryl methyl sites for hydroxylation is 1. The molecule has 0 saturated heterocycles. The molecule has 0 aromatic heterocycles. The number of carbonyl (C=O) groups excluding carboxylic acids is 2. The highest BCUT2D eigenvalue weighted by atomic mass is 16.2. The Kier molecular flexibility index (Phi) is 3.02. The minimum atomic E-state index is -0.258. The summed E-state index contributed by atoms with van der Waals surface area (Å²) in [6.07, 6.45) is 0. The minimum Gasteiger partial charge on any atom is -0.274 e. The zero-order valence-corrected chi connectivity index (χ0v) is 8.57. The van der Waals surface area contributed by atoms with E-state index in [-0.39, 0.29) is 11.8 Å². The Bertz CT molecular complexity index is 357. The second kappa shape index (κ2) is 4.05. The van der Waals surface area contributed by atoms with E-state index in [1.807, 2.05) is 19.1 Å². The molecule has 0 aliphatic rings. The van der Waals surface area contributed by atoms with Crippen molar-refractivity contribution in [1.29, 1.82) is 0 Å². The van der Waals surface area contributed by atoms with Gasteiger partial charge in [-0.1, -0.05) is 18.2 Å². The van der Waals surface area contributed by atoms with Crippen LogP contribution in [-0.2, 0) is 9.59 Å². The number of anilines is 1. The molecule has 0 unspecified atom stereocenters. The van der Waals surface area contributed by atoms with Gasteiger partial charge in [0, 0.05) is 13.8 Å². The van der Waals surface area contributed by atoms with Crippen LogP contribution in [0, 0.1) is 6.92 Å². The molecule has 74 valence electrons. The molecule has 3 heteroatoms. The largest absolute Gasteiger partial charge is 0.274 e. The summed E-state index contributed by atoms with van der Waals surface area (Å²) in [5.41, 5.74) is 1.57. The highest BCUT2D eigenvalue weighted by molar-refractivity contribution is 6.13. The van der Waals surface area contributed by atoms with Crippen LogP contribution in [0.25, 0.3) is 0 Å². The molecule has 0 heterocycles. The molecule has 2 amide bonds. The van der Waals surface area contributed by atoms with Crippen molar-refractivity contribution in [3.63, 3.8) is 0 Å². The number of nitrogens with zero attached hydrogens (tertiary/aromatic N) is 1. The van der Waals surface area contributed by atoms with Gasteiger partial charge in [0.05, 0.1) is 5.69 Å². The molecule has 0 radical (unpaired) electrons.